The summed E-state index contributed by atoms with van der Waals surface area (Å²) in [4.78, 5) is 12.6. The van der Waals surface area contributed by atoms with Gasteiger partial charge in [-0.15, -0.1) is 0 Å². The number of hydrogen-bond donors (Lipinski definition) is 4. The van der Waals surface area contributed by atoms with Crippen LogP contribution in [0.2, 0.25) is 0 Å². The van der Waals surface area contributed by atoms with Gasteiger partial charge in [-0.2, -0.15) is 0 Å². The Kier molecular flexibility index (Phi) is 5.63. The summed E-state index contributed by atoms with van der Waals surface area (Å²) in [7, 11) is 1.52. The number of fused-ring (bicyclic) bond motifs is 3. The molecule has 0 saturated carbocycles. The van der Waals surface area contributed by atoms with E-state index in [0.717, 1.165) is 5.56 Å². The predicted octanol–water partition coefficient (Wildman–Crippen LogP) is 0.750. The van der Waals surface area contributed by atoms with E-state index in [1.807, 2.05) is 6.92 Å². The number of aliphatic hydroxyl groups excluding tert-OH is 4. The molecule has 0 bridgehead atoms. The van der Waals surface area contributed by atoms with E-state index in [0.29, 0.717) is 33.1 Å². The molecule has 3 aromatic rings. The van der Waals surface area contributed by atoms with Gasteiger partial charge in [0.1, 0.15) is 41.5 Å². The zero-order valence-electron chi connectivity index (χ0n) is 17.2. The lowest BCUT2D eigenvalue weighted by atomic mass is 9.98. The van der Waals surface area contributed by atoms with Crippen molar-refractivity contribution in [1.29, 1.82) is 0 Å². The summed E-state index contributed by atoms with van der Waals surface area (Å²) in [5.41, 5.74) is 0.955. The smallest absolute Gasteiger partial charge is 0.344 e. The second-order valence-corrected chi connectivity index (χ2v) is 7.61. The van der Waals surface area contributed by atoms with Crippen molar-refractivity contribution in [2.75, 3.05) is 13.7 Å². The van der Waals surface area contributed by atoms with E-state index in [-0.39, 0.29) is 5.75 Å². The average Bonchev–Trinajstić information content (AvgIpc) is 2.76. The molecule has 1 aromatic heterocycles. The number of rotatable bonds is 4. The van der Waals surface area contributed by atoms with Gasteiger partial charge in [0.05, 0.1) is 19.1 Å². The summed E-state index contributed by atoms with van der Waals surface area (Å²) in [6.07, 6.45) is -7.07. The summed E-state index contributed by atoms with van der Waals surface area (Å²) in [6, 6.07) is 6.83. The van der Waals surface area contributed by atoms with Gasteiger partial charge in [0, 0.05) is 16.3 Å². The van der Waals surface area contributed by atoms with Crippen LogP contribution in [0.25, 0.3) is 21.7 Å². The second-order valence-electron chi connectivity index (χ2n) is 7.61. The lowest BCUT2D eigenvalue weighted by Gasteiger charge is -2.39. The molecule has 0 unspecified atom stereocenters. The Morgan fingerprint density at radius 1 is 1.03 bits per heavy atom. The molecule has 5 atom stereocenters. The highest BCUT2D eigenvalue weighted by atomic mass is 16.7. The van der Waals surface area contributed by atoms with Crippen LogP contribution in [0.1, 0.15) is 11.1 Å². The third-order valence-electron chi connectivity index (χ3n) is 5.68. The van der Waals surface area contributed by atoms with Crippen molar-refractivity contribution >= 4 is 21.7 Å². The Balaban J connectivity index is 1.85. The fourth-order valence-electron chi connectivity index (χ4n) is 3.98. The van der Waals surface area contributed by atoms with Gasteiger partial charge in [-0.25, -0.2) is 4.79 Å². The highest BCUT2D eigenvalue weighted by molar-refractivity contribution is 6.10. The Morgan fingerprint density at radius 2 is 1.77 bits per heavy atom. The molecule has 0 amide bonds. The van der Waals surface area contributed by atoms with E-state index in [9.17, 15) is 25.2 Å². The van der Waals surface area contributed by atoms with Crippen LogP contribution in [0, 0.1) is 13.8 Å². The number of hydrogen-bond acceptors (Lipinski definition) is 9. The molecule has 31 heavy (non-hydrogen) atoms. The van der Waals surface area contributed by atoms with Crippen LogP contribution < -0.4 is 15.1 Å². The van der Waals surface area contributed by atoms with Crippen molar-refractivity contribution in [3.8, 4) is 11.5 Å². The summed E-state index contributed by atoms with van der Waals surface area (Å²) >= 11 is 0. The minimum absolute atomic E-state index is 0.256. The first-order chi connectivity index (χ1) is 14.8. The van der Waals surface area contributed by atoms with Crippen molar-refractivity contribution < 1.29 is 39.1 Å². The number of methoxy groups -OCH3 is 1. The van der Waals surface area contributed by atoms with Crippen LogP contribution in [-0.2, 0) is 4.74 Å². The topological polar surface area (TPSA) is 139 Å². The summed E-state index contributed by atoms with van der Waals surface area (Å²) in [5, 5.41) is 41.3. The molecule has 0 spiro atoms. The molecule has 0 aliphatic carbocycles. The zero-order valence-corrected chi connectivity index (χ0v) is 17.2. The van der Waals surface area contributed by atoms with Crippen molar-refractivity contribution in [3.05, 3.63) is 45.8 Å². The van der Waals surface area contributed by atoms with Crippen molar-refractivity contribution in [1.82, 2.24) is 0 Å². The molecule has 1 fully saturated rings. The van der Waals surface area contributed by atoms with Crippen molar-refractivity contribution in [2.24, 2.45) is 0 Å². The summed E-state index contributed by atoms with van der Waals surface area (Å²) in [6.45, 7) is 2.93. The van der Waals surface area contributed by atoms with E-state index in [1.54, 1.807) is 31.2 Å². The lowest BCUT2D eigenvalue weighted by molar-refractivity contribution is -0.277. The van der Waals surface area contributed by atoms with Crippen molar-refractivity contribution in [2.45, 2.75) is 44.6 Å². The van der Waals surface area contributed by atoms with Gasteiger partial charge in [0.25, 0.3) is 0 Å². The quantitative estimate of drug-likeness (QED) is 0.347. The molecule has 9 nitrogen and oxygen atoms in total. The molecule has 0 radical (unpaired) electrons. The maximum absolute atomic E-state index is 12.6. The van der Waals surface area contributed by atoms with E-state index < -0.39 is 42.9 Å². The third-order valence-corrected chi connectivity index (χ3v) is 5.68. The standard InChI is InChI=1S/C22H24O9/c1-9-7-13(29-22-19(26)18(25)17(24)14(8-23)30-22)10(2)20-15(9)16-11(21(27)31-20)5-4-6-12(16)28-3/h4-7,14,17-19,22-26H,8H2,1-3H3/t14-,17-,18+,19-,22-/m1/s1. The third kappa shape index (κ3) is 3.44. The zero-order chi connectivity index (χ0) is 22.4. The molecule has 4 N–H and O–H groups in total. The van der Waals surface area contributed by atoms with E-state index in [2.05, 4.69) is 0 Å². The number of aryl methyl sites for hydroxylation is 2. The molecule has 166 valence electrons. The average molecular weight is 432 g/mol. The first kappa shape index (κ1) is 21.5. The summed E-state index contributed by atoms with van der Waals surface area (Å²) in [5.74, 6) is 0.784. The van der Waals surface area contributed by atoms with Crippen LogP contribution in [0.3, 0.4) is 0 Å². The first-order valence-corrected chi connectivity index (χ1v) is 9.79. The van der Waals surface area contributed by atoms with Crippen LogP contribution in [0.5, 0.6) is 11.5 Å². The minimum Gasteiger partial charge on any atom is -0.496 e. The molecular weight excluding hydrogens is 408 g/mol. The largest absolute Gasteiger partial charge is 0.496 e. The molecule has 4 rings (SSSR count). The maximum atomic E-state index is 12.6. The Hall–Kier alpha value is -2.69. The van der Waals surface area contributed by atoms with Gasteiger partial charge in [-0.05, 0) is 37.6 Å². The SMILES string of the molecule is COc1cccc2c(=O)oc3c(C)c(O[C@@H]4O[C@H](CO)[C@@H](O)[C@H](O)[C@H]4O)cc(C)c3c12. The fraction of sp³-hybridized carbons (Fsp3) is 0.409. The molecule has 1 saturated heterocycles. The van der Waals surface area contributed by atoms with E-state index >= 15 is 0 Å². The fourth-order valence-corrected chi connectivity index (χ4v) is 3.98. The van der Waals surface area contributed by atoms with Gasteiger partial charge in [0.15, 0.2) is 0 Å². The molecular formula is C22H24O9. The van der Waals surface area contributed by atoms with Gasteiger partial charge >= 0.3 is 5.63 Å². The second kappa shape index (κ2) is 8.10. The van der Waals surface area contributed by atoms with Gasteiger partial charge in [-0.1, -0.05) is 6.07 Å². The molecule has 2 aromatic carbocycles. The van der Waals surface area contributed by atoms with Crippen molar-refractivity contribution in [3.63, 3.8) is 0 Å². The van der Waals surface area contributed by atoms with E-state index in [4.69, 9.17) is 18.6 Å². The maximum Gasteiger partial charge on any atom is 0.344 e. The van der Waals surface area contributed by atoms with Crippen LogP contribution in [-0.4, -0.2) is 64.8 Å². The Morgan fingerprint density at radius 3 is 2.45 bits per heavy atom. The van der Waals surface area contributed by atoms with Crippen LogP contribution >= 0.6 is 0 Å². The Labute approximate surface area is 177 Å². The number of benzene rings is 2. The predicted molar refractivity (Wildman–Crippen MR) is 110 cm³/mol. The number of ether oxygens (including phenoxy) is 3. The Bertz CT molecular complexity index is 1180. The van der Waals surface area contributed by atoms with Gasteiger partial charge in [0.2, 0.25) is 6.29 Å². The van der Waals surface area contributed by atoms with Gasteiger partial charge < -0.3 is 39.1 Å². The molecule has 1 aliphatic heterocycles. The molecule has 2 heterocycles. The number of aliphatic hydroxyl groups is 4. The monoisotopic (exact) mass is 432 g/mol. The highest BCUT2D eigenvalue weighted by Crippen LogP contribution is 2.38. The van der Waals surface area contributed by atoms with Gasteiger partial charge in [-0.3, -0.25) is 0 Å². The summed E-state index contributed by atoms with van der Waals surface area (Å²) < 4.78 is 22.3. The van der Waals surface area contributed by atoms with E-state index in [1.165, 1.54) is 7.11 Å². The first-order valence-electron chi connectivity index (χ1n) is 9.79. The van der Waals surface area contributed by atoms with Crippen LogP contribution in [0.4, 0.5) is 0 Å². The minimum atomic E-state index is -1.57. The molecule has 1 aliphatic rings. The highest BCUT2D eigenvalue weighted by Gasteiger charge is 2.45. The molecule has 9 heteroatoms. The van der Waals surface area contributed by atoms with Crippen LogP contribution in [0.15, 0.2) is 33.5 Å². The lowest BCUT2D eigenvalue weighted by Crippen LogP contribution is -2.60. The normalized spacial score (nSPS) is 26.4.